The Balaban J connectivity index is 2.42. The average molecular weight is 512 g/mol. The van der Waals surface area contributed by atoms with Gasteiger partial charge in [0.15, 0.2) is 0 Å². The molecule has 0 saturated heterocycles. The molecule has 0 aliphatic heterocycles. The molecular formula is C24H31ClFN3O4S. The van der Waals surface area contributed by atoms with Gasteiger partial charge in [0.25, 0.3) is 0 Å². The highest BCUT2D eigenvalue weighted by atomic mass is 35.5. The van der Waals surface area contributed by atoms with Gasteiger partial charge in [-0.25, -0.2) is 12.8 Å². The third-order valence-electron chi connectivity index (χ3n) is 5.14. The van der Waals surface area contributed by atoms with Crippen molar-refractivity contribution < 1.29 is 22.4 Å². The Kier molecular flexibility index (Phi) is 9.88. The van der Waals surface area contributed by atoms with Crippen LogP contribution in [0.5, 0.6) is 0 Å². The molecule has 34 heavy (non-hydrogen) atoms. The van der Waals surface area contributed by atoms with Crippen LogP contribution in [-0.2, 0) is 26.2 Å². The van der Waals surface area contributed by atoms with E-state index in [0.29, 0.717) is 18.5 Å². The summed E-state index contributed by atoms with van der Waals surface area (Å²) in [7, 11) is -3.87. The second kappa shape index (κ2) is 12.2. The second-order valence-electron chi connectivity index (χ2n) is 8.43. The van der Waals surface area contributed by atoms with Crippen molar-refractivity contribution in [3.05, 3.63) is 64.9 Å². The molecule has 0 aliphatic rings. The fraction of sp³-hybridized carbons (Fsp3) is 0.417. The molecule has 2 aromatic rings. The lowest BCUT2D eigenvalue weighted by Gasteiger charge is -2.33. The number of carbonyl (C=O) groups excluding carboxylic acids is 2. The van der Waals surface area contributed by atoms with Gasteiger partial charge in [-0.15, -0.1) is 0 Å². The summed E-state index contributed by atoms with van der Waals surface area (Å²) >= 11 is 6.21. The molecule has 0 fully saturated rings. The Morgan fingerprint density at radius 1 is 1.09 bits per heavy atom. The van der Waals surface area contributed by atoms with Crippen molar-refractivity contribution in [2.24, 2.45) is 5.92 Å². The summed E-state index contributed by atoms with van der Waals surface area (Å²) in [6.45, 7) is 5.58. The fourth-order valence-electron chi connectivity index (χ4n) is 3.38. The van der Waals surface area contributed by atoms with Gasteiger partial charge >= 0.3 is 0 Å². The standard InChI is InChI=1S/C24H31ClFN3O4S/c1-5-21(24(31)27-14-17(2)3)28(15-18-10-12-19(26)13-11-18)23(30)16-29(34(4,32)33)22-9-7-6-8-20(22)25/h6-13,17,21H,5,14-16H2,1-4H3,(H,27,31)/t21-/m0/s1. The van der Waals surface area contributed by atoms with Gasteiger partial charge in [-0.05, 0) is 42.2 Å². The molecule has 1 N–H and O–H groups in total. The van der Waals surface area contributed by atoms with E-state index in [9.17, 15) is 22.4 Å². The predicted molar refractivity (Wildman–Crippen MR) is 133 cm³/mol. The Morgan fingerprint density at radius 3 is 2.24 bits per heavy atom. The van der Waals surface area contributed by atoms with Gasteiger partial charge in [-0.3, -0.25) is 13.9 Å². The maximum absolute atomic E-state index is 13.5. The Hall–Kier alpha value is -2.65. The highest BCUT2D eigenvalue weighted by molar-refractivity contribution is 7.92. The normalized spacial score (nSPS) is 12.3. The summed E-state index contributed by atoms with van der Waals surface area (Å²) in [5.74, 6) is -1.13. The molecule has 0 aromatic heterocycles. The number of rotatable bonds is 11. The minimum atomic E-state index is -3.87. The monoisotopic (exact) mass is 511 g/mol. The first-order chi connectivity index (χ1) is 15.9. The summed E-state index contributed by atoms with van der Waals surface area (Å²) in [6.07, 6.45) is 1.29. The molecule has 2 amide bonds. The van der Waals surface area contributed by atoms with Gasteiger partial charge in [0, 0.05) is 13.1 Å². The first-order valence-electron chi connectivity index (χ1n) is 11.0. The maximum Gasteiger partial charge on any atom is 0.244 e. The van der Waals surface area contributed by atoms with Crippen molar-refractivity contribution >= 4 is 39.1 Å². The molecule has 0 heterocycles. The van der Waals surface area contributed by atoms with Gasteiger partial charge in [0.05, 0.1) is 17.0 Å². The topological polar surface area (TPSA) is 86.8 Å². The van der Waals surface area contributed by atoms with Crippen LogP contribution >= 0.6 is 11.6 Å². The zero-order valence-electron chi connectivity index (χ0n) is 19.8. The number of anilines is 1. The lowest BCUT2D eigenvalue weighted by Crippen LogP contribution is -2.52. The summed E-state index contributed by atoms with van der Waals surface area (Å²) in [5, 5.41) is 3.02. The number of nitrogens with zero attached hydrogens (tertiary/aromatic N) is 2. The van der Waals surface area contributed by atoms with Crippen LogP contribution in [0.1, 0.15) is 32.8 Å². The largest absolute Gasteiger partial charge is 0.354 e. The Bertz CT molecular complexity index is 1090. The van der Waals surface area contributed by atoms with E-state index >= 15 is 0 Å². The van der Waals surface area contributed by atoms with Gasteiger partial charge < -0.3 is 10.2 Å². The minimum absolute atomic E-state index is 0.00679. The van der Waals surface area contributed by atoms with Gasteiger partial charge in [-0.1, -0.05) is 56.6 Å². The van der Waals surface area contributed by atoms with Crippen molar-refractivity contribution in [3.63, 3.8) is 0 Å². The quantitative estimate of drug-likeness (QED) is 0.497. The molecular weight excluding hydrogens is 481 g/mol. The van der Waals surface area contributed by atoms with Crippen LogP contribution in [0.15, 0.2) is 48.5 Å². The first-order valence-corrected chi connectivity index (χ1v) is 13.2. The molecule has 2 aromatic carbocycles. The van der Waals surface area contributed by atoms with Crippen LogP contribution in [0, 0.1) is 11.7 Å². The molecule has 186 valence electrons. The number of hydrogen-bond donors (Lipinski definition) is 1. The third-order valence-corrected chi connectivity index (χ3v) is 6.58. The van der Waals surface area contributed by atoms with E-state index in [1.165, 1.54) is 41.3 Å². The smallest absolute Gasteiger partial charge is 0.244 e. The molecule has 0 unspecified atom stereocenters. The molecule has 10 heteroatoms. The number of hydrogen-bond acceptors (Lipinski definition) is 4. The first kappa shape index (κ1) is 27.6. The van der Waals surface area contributed by atoms with E-state index in [4.69, 9.17) is 11.6 Å². The van der Waals surface area contributed by atoms with Crippen LogP contribution in [0.2, 0.25) is 5.02 Å². The minimum Gasteiger partial charge on any atom is -0.354 e. The summed E-state index contributed by atoms with van der Waals surface area (Å²) < 4.78 is 39.5. The number of benzene rings is 2. The number of para-hydroxylation sites is 1. The SMILES string of the molecule is CC[C@@H](C(=O)NCC(C)C)N(Cc1ccc(F)cc1)C(=O)CN(c1ccccc1Cl)S(C)(=O)=O. The third kappa shape index (κ3) is 7.70. The maximum atomic E-state index is 13.5. The van der Waals surface area contributed by atoms with Crippen LogP contribution in [0.25, 0.3) is 0 Å². The van der Waals surface area contributed by atoms with Gasteiger partial charge in [0.1, 0.15) is 18.4 Å². The molecule has 0 radical (unpaired) electrons. The highest BCUT2D eigenvalue weighted by Crippen LogP contribution is 2.27. The molecule has 1 atom stereocenters. The van der Waals surface area contributed by atoms with Crippen LogP contribution in [0.3, 0.4) is 0 Å². The van der Waals surface area contributed by atoms with Crippen molar-refractivity contribution in [1.82, 2.24) is 10.2 Å². The van der Waals surface area contributed by atoms with E-state index < -0.39 is 34.3 Å². The summed E-state index contributed by atoms with van der Waals surface area (Å²) in [5.41, 5.74) is 0.771. The average Bonchev–Trinajstić information content (AvgIpc) is 2.77. The van der Waals surface area contributed by atoms with E-state index in [1.807, 2.05) is 13.8 Å². The van der Waals surface area contributed by atoms with E-state index in [0.717, 1.165) is 10.6 Å². The fourth-order valence-corrected chi connectivity index (χ4v) is 4.53. The molecule has 0 bridgehead atoms. The zero-order valence-corrected chi connectivity index (χ0v) is 21.4. The molecule has 7 nitrogen and oxygen atoms in total. The lowest BCUT2D eigenvalue weighted by atomic mass is 10.1. The lowest BCUT2D eigenvalue weighted by molar-refractivity contribution is -0.140. The Labute approximate surface area is 205 Å². The molecule has 0 aliphatic carbocycles. The van der Waals surface area contributed by atoms with Gasteiger partial charge in [-0.2, -0.15) is 0 Å². The van der Waals surface area contributed by atoms with Gasteiger partial charge in [0.2, 0.25) is 21.8 Å². The van der Waals surface area contributed by atoms with E-state index in [1.54, 1.807) is 19.1 Å². The predicted octanol–water partition coefficient (Wildman–Crippen LogP) is 3.82. The zero-order chi connectivity index (χ0) is 25.5. The number of nitrogens with one attached hydrogen (secondary N) is 1. The highest BCUT2D eigenvalue weighted by Gasteiger charge is 2.32. The summed E-state index contributed by atoms with van der Waals surface area (Å²) in [6, 6.07) is 11.1. The second-order valence-corrected chi connectivity index (χ2v) is 10.7. The van der Waals surface area contributed by atoms with Crippen LogP contribution < -0.4 is 9.62 Å². The molecule has 0 spiro atoms. The summed E-state index contributed by atoms with van der Waals surface area (Å²) in [4.78, 5) is 27.8. The van der Waals surface area contributed by atoms with E-state index in [-0.39, 0.29) is 29.1 Å². The van der Waals surface area contributed by atoms with Crippen molar-refractivity contribution in [1.29, 1.82) is 0 Å². The van der Waals surface area contributed by atoms with Crippen molar-refractivity contribution in [2.75, 3.05) is 23.7 Å². The molecule has 0 saturated carbocycles. The van der Waals surface area contributed by atoms with Crippen LogP contribution in [-0.4, -0.2) is 50.5 Å². The van der Waals surface area contributed by atoms with Crippen molar-refractivity contribution in [3.8, 4) is 0 Å². The molecule has 2 rings (SSSR count). The number of sulfonamides is 1. The number of carbonyl (C=O) groups is 2. The van der Waals surface area contributed by atoms with Crippen LogP contribution in [0.4, 0.5) is 10.1 Å². The number of amides is 2. The van der Waals surface area contributed by atoms with Crippen molar-refractivity contribution in [2.45, 2.75) is 39.8 Å². The number of halogens is 2. The van der Waals surface area contributed by atoms with E-state index in [2.05, 4.69) is 5.32 Å². The Morgan fingerprint density at radius 2 is 1.71 bits per heavy atom.